The number of thiophene rings is 1. The second-order valence-corrected chi connectivity index (χ2v) is 9.57. The summed E-state index contributed by atoms with van der Waals surface area (Å²) in [5.41, 5.74) is 3.96. The quantitative estimate of drug-likeness (QED) is 0.262. The first kappa shape index (κ1) is 22.3. The maximum atomic E-state index is 14.5. The van der Waals surface area contributed by atoms with Crippen molar-refractivity contribution in [3.63, 3.8) is 0 Å². The molecule has 4 aromatic heterocycles. The van der Waals surface area contributed by atoms with Crippen molar-refractivity contribution in [1.29, 1.82) is 0 Å². The summed E-state index contributed by atoms with van der Waals surface area (Å²) in [6, 6.07) is 7.21. The molecular formula is C23H15ClFN7O3S. The number of carbonyl (C=O) groups is 1. The molecule has 2 N–H and O–H groups in total. The smallest absolute Gasteiger partial charge is 0.348 e. The van der Waals surface area contributed by atoms with Gasteiger partial charge in [0, 0.05) is 32.7 Å². The van der Waals surface area contributed by atoms with E-state index in [1.807, 2.05) is 6.07 Å². The van der Waals surface area contributed by atoms with Gasteiger partial charge in [-0.2, -0.15) is 9.41 Å². The van der Waals surface area contributed by atoms with Gasteiger partial charge in [-0.25, -0.2) is 14.2 Å². The molecular weight excluding hydrogens is 509 g/mol. The highest BCUT2D eigenvalue weighted by molar-refractivity contribution is 7.12. The molecule has 13 heteroatoms. The average molecular weight is 524 g/mol. The van der Waals surface area contributed by atoms with E-state index >= 15 is 0 Å². The Balaban J connectivity index is 1.37. The molecule has 0 fully saturated rings. The Morgan fingerprint density at radius 2 is 2.19 bits per heavy atom. The highest BCUT2D eigenvalue weighted by Crippen LogP contribution is 2.39. The van der Waals surface area contributed by atoms with Crippen LogP contribution in [0.4, 0.5) is 4.39 Å². The molecule has 1 unspecified atom stereocenters. The normalized spacial score (nSPS) is 14.8. The minimum atomic E-state index is -1.32. The van der Waals surface area contributed by atoms with Crippen molar-refractivity contribution >= 4 is 28.9 Å². The molecule has 1 aromatic carbocycles. The van der Waals surface area contributed by atoms with Gasteiger partial charge in [-0.1, -0.05) is 11.6 Å². The van der Waals surface area contributed by atoms with Gasteiger partial charge in [0.15, 0.2) is 12.0 Å². The van der Waals surface area contributed by atoms with Crippen molar-refractivity contribution < 1.29 is 19.0 Å². The Morgan fingerprint density at radius 1 is 1.33 bits per heavy atom. The number of halogens is 2. The fourth-order valence-electron chi connectivity index (χ4n) is 4.60. The molecule has 1 aliphatic rings. The van der Waals surface area contributed by atoms with Crippen LogP contribution in [0, 0.1) is 11.0 Å². The first-order valence-corrected chi connectivity index (χ1v) is 12.0. The van der Waals surface area contributed by atoms with E-state index in [2.05, 4.69) is 25.5 Å². The molecule has 0 spiro atoms. The van der Waals surface area contributed by atoms with Crippen LogP contribution in [0.2, 0.25) is 5.02 Å². The molecule has 4 heterocycles. The molecule has 1 atom stereocenters. The summed E-state index contributed by atoms with van der Waals surface area (Å²) in [6.45, 7) is 0. The first-order chi connectivity index (χ1) is 17.4. The number of nitrogens with one attached hydrogen (secondary N) is 1. The van der Waals surface area contributed by atoms with E-state index in [0.29, 0.717) is 51.9 Å². The molecule has 180 valence electrons. The molecule has 0 radical (unpaired) electrons. The van der Waals surface area contributed by atoms with E-state index in [9.17, 15) is 14.4 Å². The van der Waals surface area contributed by atoms with Gasteiger partial charge >= 0.3 is 5.97 Å². The largest absolute Gasteiger partial charge is 0.618 e. The Hall–Kier alpha value is -4.16. The van der Waals surface area contributed by atoms with Crippen molar-refractivity contribution in [3.05, 3.63) is 86.4 Å². The molecule has 0 saturated carbocycles. The Bertz CT molecular complexity index is 1630. The summed E-state index contributed by atoms with van der Waals surface area (Å²) in [5.74, 6) is -1.93. The van der Waals surface area contributed by atoms with Crippen LogP contribution in [0.15, 0.2) is 48.4 Å². The summed E-state index contributed by atoms with van der Waals surface area (Å²) in [5, 5.41) is 35.6. The van der Waals surface area contributed by atoms with Crippen LogP contribution in [-0.2, 0) is 6.42 Å². The molecule has 36 heavy (non-hydrogen) atoms. The number of aromatic carboxylic acids is 1. The molecule has 0 saturated heterocycles. The van der Waals surface area contributed by atoms with Crippen molar-refractivity contribution in [3.8, 4) is 28.1 Å². The van der Waals surface area contributed by atoms with Crippen molar-refractivity contribution in [2.24, 2.45) is 0 Å². The number of benzene rings is 1. The van der Waals surface area contributed by atoms with Crippen LogP contribution in [0.25, 0.3) is 28.1 Å². The second kappa shape index (κ2) is 8.50. The molecule has 6 rings (SSSR count). The molecule has 5 aromatic rings. The zero-order valence-corrected chi connectivity index (χ0v) is 19.8. The number of carboxylic acids is 1. The highest BCUT2D eigenvalue weighted by Gasteiger charge is 2.35. The van der Waals surface area contributed by atoms with Crippen LogP contribution in [0.1, 0.15) is 39.1 Å². The number of nitrogens with zero attached hydrogens (tertiary/aromatic N) is 6. The molecule has 10 nitrogen and oxygen atoms in total. The van der Waals surface area contributed by atoms with Gasteiger partial charge in [0.05, 0.1) is 17.6 Å². The third-order valence-electron chi connectivity index (χ3n) is 6.19. The van der Waals surface area contributed by atoms with Crippen LogP contribution in [0.3, 0.4) is 0 Å². The number of hydrogen-bond acceptors (Lipinski definition) is 7. The standard InChI is InChI=1S/C23H15ClFN7O3S/c24-13-2-4-18(31-10-27-29-30-31)15(6-13)12-5-11-1-3-14(20(11)32(35)8-12)22-26-7-17(28-22)16-9-36-21(19(16)25)23(33)34/h2,4-10,14H,1,3H2,(H,26,28)(H,33,34). The number of aromatic amines is 1. The lowest BCUT2D eigenvalue weighted by atomic mass is 10.0. The van der Waals surface area contributed by atoms with Crippen molar-refractivity contribution in [1.82, 2.24) is 30.2 Å². The van der Waals surface area contributed by atoms with Gasteiger partial charge in [0.25, 0.3) is 0 Å². The maximum absolute atomic E-state index is 14.5. The first-order valence-electron chi connectivity index (χ1n) is 10.8. The Morgan fingerprint density at radius 3 is 2.94 bits per heavy atom. The summed E-state index contributed by atoms with van der Waals surface area (Å²) in [7, 11) is 0. The predicted octanol–water partition coefficient (Wildman–Crippen LogP) is 3.98. The predicted molar refractivity (Wildman–Crippen MR) is 128 cm³/mol. The number of carboxylic acid groups (broad SMARTS) is 1. The Kier molecular flexibility index (Phi) is 5.27. The maximum Gasteiger partial charge on any atom is 0.348 e. The zero-order valence-electron chi connectivity index (χ0n) is 18.2. The number of tetrazole rings is 1. The summed E-state index contributed by atoms with van der Waals surface area (Å²) < 4.78 is 16.9. The van der Waals surface area contributed by atoms with Crippen LogP contribution < -0.4 is 4.73 Å². The van der Waals surface area contributed by atoms with Crippen molar-refractivity contribution in [2.45, 2.75) is 18.8 Å². The summed E-state index contributed by atoms with van der Waals surface area (Å²) in [4.78, 5) is 18.3. The number of aryl methyl sites for hydroxylation is 1. The zero-order chi connectivity index (χ0) is 25.0. The number of fused-ring (bicyclic) bond motifs is 1. The van der Waals surface area contributed by atoms with E-state index in [0.717, 1.165) is 21.6 Å². The van der Waals surface area contributed by atoms with Gasteiger partial charge in [0.2, 0.25) is 5.69 Å². The number of rotatable bonds is 5. The summed E-state index contributed by atoms with van der Waals surface area (Å²) >= 11 is 7.07. The van der Waals surface area contributed by atoms with Gasteiger partial charge in [-0.05, 0) is 47.5 Å². The summed E-state index contributed by atoms with van der Waals surface area (Å²) in [6.07, 6.45) is 5.68. The monoisotopic (exact) mass is 523 g/mol. The lowest BCUT2D eigenvalue weighted by Crippen LogP contribution is -2.33. The highest BCUT2D eigenvalue weighted by atomic mass is 35.5. The van der Waals surface area contributed by atoms with Gasteiger partial charge < -0.3 is 15.3 Å². The van der Waals surface area contributed by atoms with Crippen LogP contribution >= 0.6 is 22.9 Å². The lowest BCUT2D eigenvalue weighted by Gasteiger charge is -2.13. The minimum Gasteiger partial charge on any atom is -0.618 e. The van der Waals surface area contributed by atoms with Gasteiger partial charge in [0.1, 0.15) is 22.9 Å². The van der Waals surface area contributed by atoms with Gasteiger partial charge in [-0.15, -0.1) is 16.4 Å². The fraction of sp³-hybridized carbons (Fsp3) is 0.130. The van der Waals surface area contributed by atoms with Crippen LogP contribution in [-0.4, -0.2) is 41.3 Å². The van der Waals surface area contributed by atoms with E-state index in [1.54, 1.807) is 18.2 Å². The molecule has 1 aliphatic carbocycles. The van der Waals surface area contributed by atoms with E-state index in [1.165, 1.54) is 28.8 Å². The van der Waals surface area contributed by atoms with Crippen LogP contribution in [0.5, 0.6) is 0 Å². The Labute approximate surface area is 211 Å². The van der Waals surface area contributed by atoms with E-state index < -0.39 is 11.8 Å². The van der Waals surface area contributed by atoms with Crippen molar-refractivity contribution in [2.75, 3.05) is 0 Å². The lowest BCUT2D eigenvalue weighted by molar-refractivity contribution is -0.614. The number of pyridine rings is 1. The third kappa shape index (κ3) is 3.62. The van der Waals surface area contributed by atoms with E-state index in [4.69, 9.17) is 16.7 Å². The third-order valence-corrected chi connectivity index (χ3v) is 7.37. The van der Waals surface area contributed by atoms with Gasteiger partial charge in [-0.3, -0.25) is 0 Å². The number of aromatic nitrogens is 7. The number of H-pyrrole nitrogens is 1. The second-order valence-electron chi connectivity index (χ2n) is 8.25. The molecule has 0 bridgehead atoms. The number of hydrogen-bond donors (Lipinski definition) is 2. The number of imidazole rings is 1. The minimum absolute atomic E-state index is 0.135. The average Bonchev–Trinajstić information content (AvgIpc) is 3.64. The molecule has 0 aliphatic heterocycles. The topological polar surface area (TPSA) is 137 Å². The fourth-order valence-corrected chi connectivity index (χ4v) is 5.55. The SMILES string of the molecule is O=C(O)c1scc(-c2cnc(C3CCc4cc(-c5cc(Cl)ccc5-n5cnnn5)c[n+]([O-])c43)[nH]2)c1F. The van der Waals surface area contributed by atoms with E-state index in [-0.39, 0.29) is 16.4 Å². The molecule has 0 amide bonds.